The molecule has 2 heterocycles. The maximum absolute atomic E-state index is 13.9. The lowest BCUT2D eigenvalue weighted by molar-refractivity contribution is 0.0681. The second kappa shape index (κ2) is 8.06. The number of nitrogens with zero attached hydrogens (tertiary/aromatic N) is 1. The molecule has 3 aromatic rings. The van der Waals surface area contributed by atoms with Crippen LogP contribution in [0.2, 0.25) is 0 Å². The molecule has 6 heteroatoms. The minimum atomic E-state index is -0.302. The number of nitrogens with one attached hydrogen (secondary N) is 2. The molecule has 3 N–H and O–H groups in total. The van der Waals surface area contributed by atoms with Gasteiger partial charge in [-0.2, -0.15) is 0 Å². The minimum absolute atomic E-state index is 0.0526. The van der Waals surface area contributed by atoms with Crippen molar-refractivity contribution < 1.29 is 14.6 Å². The first-order valence-electron chi connectivity index (χ1n) is 12.0. The van der Waals surface area contributed by atoms with E-state index in [4.69, 9.17) is 4.74 Å². The van der Waals surface area contributed by atoms with Gasteiger partial charge in [0.1, 0.15) is 11.5 Å². The van der Waals surface area contributed by atoms with Gasteiger partial charge in [0.25, 0.3) is 5.91 Å². The SMILES string of the molecule is Cc1ccc(-c2cccc(O)c2)c(C(=O)N2CC3C(C)C3C2CNC2Nc3ccccc3O2)c1. The Morgan fingerprint density at radius 3 is 2.82 bits per heavy atom. The Morgan fingerprint density at radius 1 is 1.15 bits per heavy atom. The first kappa shape index (κ1) is 21.1. The number of rotatable bonds is 5. The van der Waals surface area contributed by atoms with Crippen molar-refractivity contribution in [3.8, 4) is 22.6 Å². The van der Waals surface area contributed by atoms with Crippen LogP contribution in [0.25, 0.3) is 11.1 Å². The fourth-order valence-corrected chi connectivity index (χ4v) is 5.78. The fraction of sp³-hybridized carbons (Fsp3) is 0.321. The van der Waals surface area contributed by atoms with E-state index in [-0.39, 0.29) is 24.1 Å². The third-order valence-corrected chi connectivity index (χ3v) is 7.64. The Morgan fingerprint density at radius 2 is 2.00 bits per heavy atom. The standard InChI is InChI=1S/C28H29N3O3/c1-16-10-11-20(18-6-5-7-19(32)13-18)21(12-16)27(33)31-15-22-17(2)26(22)24(31)14-29-28-30-23-8-3-4-9-25(23)34-28/h3-13,17,22,24,26,28-30,32H,14-15H2,1-2H3. The predicted molar refractivity (Wildman–Crippen MR) is 132 cm³/mol. The third kappa shape index (κ3) is 3.59. The van der Waals surface area contributed by atoms with Crippen molar-refractivity contribution in [2.24, 2.45) is 17.8 Å². The van der Waals surface area contributed by atoms with Crippen LogP contribution < -0.4 is 15.4 Å². The van der Waals surface area contributed by atoms with E-state index in [1.807, 2.05) is 66.4 Å². The Labute approximate surface area is 199 Å². The molecule has 5 atom stereocenters. The average Bonchev–Trinajstić information content (AvgIpc) is 3.16. The highest BCUT2D eigenvalue weighted by Crippen LogP contribution is 2.55. The van der Waals surface area contributed by atoms with E-state index in [0.29, 0.717) is 29.9 Å². The molecule has 0 bridgehead atoms. The molecule has 1 amide bonds. The summed E-state index contributed by atoms with van der Waals surface area (Å²) in [5, 5.41) is 16.8. The normalized spacial score (nSPS) is 26.4. The first-order chi connectivity index (χ1) is 16.5. The summed E-state index contributed by atoms with van der Waals surface area (Å²) < 4.78 is 5.98. The van der Waals surface area contributed by atoms with E-state index >= 15 is 0 Å². The molecule has 3 aromatic carbocycles. The van der Waals surface area contributed by atoms with Gasteiger partial charge in [0.15, 0.2) is 0 Å². The topological polar surface area (TPSA) is 73.8 Å². The number of carbonyl (C=O) groups is 1. The molecule has 0 radical (unpaired) electrons. The van der Waals surface area contributed by atoms with E-state index in [1.54, 1.807) is 12.1 Å². The summed E-state index contributed by atoms with van der Waals surface area (Å²) in [7, 11) is 0. The van der Waals surface area contributed by atoms with Crippen molar-refractivity contribution >= 4 is 11.6 Å². The number of aromatic hydroxyl groups is 1. The van der Waals surface area contributed by atoms with Crippen LogP contribution in [0.1, 0.15) is 22.8 Å². The molecule has 1 aliphatic carbocycles. The number of hydrogen-bond acceptors (Lipinski definition) is 5. The molecular formula is C28H29N3O3. The number of amides is 1. The largest absolute Gasteiger partial charge is 0.508 e. The van der Waals surface area contributed by atoms with Crippen LogP contribution in [0.4, 0.5) is 5.69 Å². The third-order valence-electron chi connectivity index (χ3n) is 7.64. The quantitative estimate of drug-likeness (QED) is 0.530. The summed E-state index contributed by atoms with van der Waals surface area (Å²) >= 11 is 0. The highest BCUT2D eigenvalue weighted by Gasteiger charge is 2.59. The molecule has 6 rings (SSSR count). The molecule has 1 saturated carbocycles. The molecule has 34 heavy (non-hydrogen) atoms. The zero-order valence-corrected chi connectivity index (χ0v) is 19.4. The lowest BCUT2D eigenvalue weighted by Gasteiger charge is -2.30. The molecule has 174 valence electrons. The number of carbonyl (C=O) groups excluding carboxylic acids is 1. The number of benzene rings is 3. The molecule has 5 unspecified atom stereocenters. The van der Waals surface area contributed by atoms with Crippen molar-refractivity contribution in [3.05, 3.63) is 77.9 Å². The van der Waals surface area contributed by atoms with Crippen LogP contribution in [-0.4, -0.2) is 41.4 Å². The molecule has 2 aliphatic heterocycles. The maximum Gasteiger partial charge on any atom is 0.254 e. The van der Waals surface area contributed by atoms with Gasteiger partial charge in [0.05, 0.1) is 5.69 Å². The summed E-state index contributed by atoms with van der Waals surface area (Å²) in [6.07, 6.45) is -0.302. The van der Waals surface area contributed by atoms with Gasteiger partial charge < -0.3 is 20.1 Å². The second-order valence-electron chi connectivity index (χ2n) is 9.77. The van der Waals surface area contributed by atoms with Crippen LogP contribution in [0.15, 0.2) is 66.7 Å². The number of anilines is 1. The number of para-hydroxylation sites is 2. The number of aryl methyl sites for hydroxylation is 1. The highest BCUT2D eigenvalue weighted by atomic mass is 16.5. The Balaban J connectivity index is 1.24. The molecule has 6 nitrogen and oxygen atoms in total. The molecule has 1 saturated heterocycles. The van der Waals surface area contributed by atoms with Crippen molar-refractivity contribution in [1.29, 1.82) is 0 Å². The zero-order chi connectivity index (χ0) is 23.4. The van der Waals surface area contributed by atoms with Crippen molar-refractivity contribution in [3.63, 3.8) is 0 Å². The number of ether oxygens (including phenoxy) is 1. The van der Waals surface area contributed by atoms with Crippen molar-refractivity contribution in [1.82, 2.24) is 10.2 Å². The van der Waals surface area contributed by atoms with Crippen molar-refractivity contribution in [2.45, 2.75) is 26.2 Å². The lowest BCUT2D eigenvalue weighted by Crippen LogP contribution is -2.49. The fourth-order valence-electron chi connectivity index (χ4n) is 5.78. The predicted octanol–water partition coefficient (Wildman–Crippen LogP) is 4.45. The van der Waals surface area contributed by atoms with E-state index in [0.717, 1.165) is 34.7 Å². The monoisotopic (exact) mass is 455 g/mol. The van der Waals surface area contributed by atoms with Gasteiger partial charge in [-0.1, -0.05) is 48.9 Å². The van der Waals surface area contributed by atoms with E-state index in [9.17, 15) is 9.90 Å². The molecule has 0 spiro atoms. The van der Waals surface area contributed by atoms with Gasteiger partial charge in [-0.15, -0.1) is 0 Å². The van der Waals surface area contributed by atoms with Gasteiger partial charge >= 0.3 is 0 Å². The second-order valence-corrected chi connectivity index (χ2v) is 9.77. The molecule has 3 aliphatic rings. The number of fused-ring (bicyclic) bond motifs is 2. The van der Waals surface area contributed by atoms with Crippen LogP contribution in [0.5, 0.6) is 11.5 Å². The highest BCUT2D eigenvalue weighted by molar-refractivity contribution is 6.01. The number of phenols is 1. The summed E-state index contributed by atoms with van der Waals surface area (Å²) in [5.41, 5.74) is 4.40. The summed E-state index contributed by atoms with van der Waals surface area (Å²) in [6.45, 7) is 5.74. The zero-order valence-electron chi connectivity index (χ0n) is 19.4. The minimum Gasteiger partial charge on any atom is -0.508 e. The van der Waals surface area contributed by atoms with Crippen LogP contribution in [0.3, 0.4) is 0 Å². The van der Waals surface area contributed by atoms with Crippen LogP contribution >= 0.6 is 0 Å². The van der Waals surface area contributed by atoms with Gasteiger partial charge in [0, 0.05) is 24.7 Å². The lowest BCUT2D eigenvalue weighted by atomic mass is 9.96. The molecule has 2 fully saturated rings. The first-order valence-corrected chi connectivity index (χ1v) is 12.0. The number of piperidine rings is 1. The van der Waals surface area contributed by atoms with Gasteiger partial charge in [-0.05, 0) is 66.1 Å². The summed E-state index contributed by atoms with van der Waals surface area (Å²) in [4.78, 5) is 16.0. The summed E-state index contributed by atoms with van der Waals surface area (Å²) in [5.74, 6) is 2.78. The number of phenolic OH excluding ortho intramolecular Hbond substituents is 1. The van der Waals surface area contributed by atoms with Crippen LogP contribution in [0, 0.1) is 24.7 Å². The molecular weight excluding hydrogens is 426 g/mol. The average molecular weight is 456 g/mol. The molecule has 0 aromatic heterocycles. The van der Waals surface area contributed by atoms with Gasteiger partial charge in [0.2, 0.25) is 6.35 Å². The van der Waals surface area contributed by atoms with Crippen LogP contribution in [-0.2, 0) is 0 Å². The van der Waals surface area contributed by atoms with Crippen molar-refractivity contribution in [2.75, 3.05) is 18.4 Å². The van der Waals surface area contributed by atoms with E-state index in [2.05, 4.69) is 17.6 Å². The summed E-state index contributed by atoms with van der Waals surface area (Å²) in [6, 6.07) is 21.1. The number of likely N-dealkylation sites (tertiary alicyclic amines) is 1. The maximum atomic E-state index is 13.9. The number of hydrogen-bond donors (Lipinski definition) is 3. The Kier molecular flexibility index (Phi) is 4.99. The van der Waals surface area contributed by atoms with Gasteiger partial charge in [-0.3, -0.25) is 10.1 Å². The smallest absolute Gasteiger partial charge is 0.254 e. The van der Waals surface area contributed by atoms with E-state index in [1.165, 1.54) is 0 Å². The Bertz CT molecular complexity index is 1230. The van der Waals surface area contributed by atoms with Gasteiger partial charge in [-0.25, -0.2) is 0 Å². The Hall–Kier alpha value is -3.51. The van der Waals surface area contributed by atoms with E-state index < -0.39 is 0 Å².